The Balaban J connectivity index is 2.53. The van der Waals surface area contributed by atoms with Crippen LogP contribution in [0.15, 0.2) is 18.6 Å². The fraction of sp³-hybridized carbons (Fsp3) is 0.400. The number of likely N-dealkylation sites (N-methyl/N-ethyl adjacent to an activating group) is 1. The molecule has 5 heteroatoms. The number of hydrogen-bond donors (Lipinski definition) is 2. The molecule has 0 saturated heterocycles. The summed E-state index contributed by atoms with van der Waals surface area (Å²) in [6.45, 7) is 2.40. The number of aliphatic hydroxyl groups is 1. The number of imidazole rings is 1. The van der Waals surface area contributed by atoms with Gasteiger partial charge in [0.05, 0.1) is 17.6 Å². The van der Waals surface area contributed by atoms with Crippen LogP contribution in [0, 0.1) is 6.92 Å². The number of aromatic nitrogens is 3. The number of fused-ring (bicyclic) bond motifs is 1. The molecule has 15 heavy (non-hydrogen) atoms. The second kappa shape index (κ2) is 3.96. The monoisotopic (exact) mass is 206 g/mol. The minimum Gasteiger partial charge on any atom is -0.385 e. The average molecular weight is 206 g/mol. The van der Waals surface area contributed by atoms with Gasteiger partial charge in [-0.2, -0.15) is 0 Å². The maximum absolute atomic E-state index is 9.94. The number of aliphatic hydroxyl groups excluding tert-OH is 1. The lowest BCUT2D eigenvalue weighted by Gasteiger charge is -2.10. The molecule has 0 fully saturated rings. The summed E-state index contributed by atoms with van der Waals surface area (Å²) in [6, 6.07) is 0. The lowest BCUT2D eigenvalue weighted by Crippen LogP contribution is -2.18. The molecular formula is C10H14N4O. The average Bonchev–Trinajstić information content (AvgIpc) is 2.54. The third kappa shape index (κ3) is 1.71. The Labute approximate surface area is 87.8 Å². The number of hydrogen-bond acceptors (Lipinski definition) is 4. The van der Waals surface area contributed by atoms with Crippen LogP contribution in [0.4, 0.5) is 0 Å². The zero-order chi connectivity index (χ0) is 10.8. The summed E-state index contributed by atoms with van der Waals surface area (Å²) in [4.78, 5) is 8.32. The molecule has 2 aromatic rings. The van der Waals surface area contributed by atoms with Gasteiger partial charge in [-0.15, -0.1) is 0 Å². The first-order valence-corrected chi connectivity index (χ1v) is 4.85. The quantitative estimate of drug-likeness (QED) is 0.757. The molecule has 2 heterocycles. The second-order valence-electron chi connectivity index (χ2n) is 3.46. The van der Waals surface area contributed by atoms with Gasteiger partial charge in [0.2, 0.25) is 0 Å². The molecule has 0 spiro atoms. The van der Waals surface area contributed by atoms with E-state index in [2.05, 4.69) is 15.3 Å². The fourth-order valence-corrected chi connectivity index (χ4v) is 1.73. The van der Waals surface area contributed by atoms with Crippen LogP contribution < -0.4 is 5.32 Å². The molecule has 0 aliphatic rings. The van der Waals surface area contributed by atoms with Crippen LogP contribution in [0.5, 0.6) is 0 Å². The van der Waals surface area contributed by atoms with Crippen LogP contribution in [0.3, 0.4) is 0 Å². The van der Waals surface area contributed by atoms with E-state index in [1.807, 2.05) is 24.6 Å². The summed E-state index contributed by atoms with van der Waals surface area (Å²) in [5, 5.41) is 12.9. The minimum absolute atomic E-state index is 0.511. The first-order chi connectivity index (χ1) is 7.24. The van der Waals surface area contributed by atoms with Gasteiger partial charge < -0.3 is 10.4 Å². The molecule has 0 saturated carbocycles. The van der Waals surface area contributed by atoms with E-state index in [4.69, 9.17) is 0 Å². The van der Waals surface area contributed by atoms with E-state index in [-0.39, 0.29) is 0 Å². The van der Waals surface area contributed by atoms with Gasteiger partial charge in [0.1, 0.15) is 6.10 Å². The van der Waals surface area contributed by atoms with E-state index in [1.54, 1.807) is 12.4 Å². The Morgan fingerprint density at radius 1 is 1.60 bits per heavy atom. The standard InChI is InChI=1S/C10H14N4O/c1-7-10(8(15)5-11-2)14-4-3-12-6-9(14)13-7/h3-4,6,8,11,15H,5H2,1-2H3. The van der Waals surface area contributed by atoms with Gasteiger partial charge >= 0.3 is 0 Å². The third-order valence-corrected chi connectivity index (χ3v) is 2.36. The summed E-state index contributed by atoms with van der Waals surface area (Å²) >= 11 is 0. The smallest absolute Gasteiger partial charge is 0.155 e. The normalized spacial score (nSPS) is 13.3. The maximum atomic E-state index is 9.94. The van der Waals surface area contributed by atoms with Crippen LogP contribution in [-0.2, 0) is 0 Å². The van der Waals surface area contributed by atoms with Crippen molar-refractivity contribution in [1.82, 2.24) is 19.7 Å². The topological polar surface area (TPSA) is 62.5 Å². The molecule has 0 aliphatic carbocycles. The maximum Gasteiger partial charge on any atom is 0.155 e. The number of aryl methyl sites for hydroxylation is 1. The molecule has 2 aromatic heterocycles. The van der Waals surface area contributed by atoms with E-state index in [9.17, 15) is 5.11 Å². The summed E-state index contributed by atoms with van der Waals surface area (Å²) in [6.07, 6.45) is 4.63. The fourth-order valence-electron chi connectivity index (χ4n) is 1.73. The van der Waals surface area contributed by atoms with Crippen LogP contribution in [0.25, 0.3) is 5.65 Å². The Bertz CT molecular complexity index is 465. The highest BCUT2D eigenvalue weighted by molar-refractivity contribution is 5.41. The van der Waals surface area contributed by atoms with E-state index in [1.165, 1.54) is 0 Å². The van der Waals surface area contributed by atoms with Gasteiger partial charge in [-0.05, 0) is 14.0 Å². The highest BCUT2D eigenvalue weighted by Gasteiger charge is 2.15. The lowest BCUT2D eigenvalue weighted by molar-refractivity contribution is 0.171. The van der Waals surface area contributed by atoms with Gasteiger partial charge in [-0.1, -0.05) is 0 Å². The van der Waals surface area contributed by atoms with Gasteiger partial charge in [0.15, 0.2) is 5.65 Å². The Morgan fingerprint density at radius 3 is 3.13 bits per heavy atom. The number of nitrogens with zero attached hydrogens (tertiary/aromatic N) is 3. The van der Waals surface area contributed by atoms with Gasteiger partial charge in [-0.3, -0.25) is 9.38 Å². The van der Waals surface area contributed by atoms with Crippen LogP contribution >= 0.6 is 0 Å². The third-order valence-electron chi connectivity index (χ3n) is 2.36. The highest BCUT2D eigenvalue weighted by Crippen LogP contribution is 2.18. The van der Waals surface area contributed by atoms with Crippen molar-refractivity contribution in [3.05, 3.63) is 30.0 Å². The van der Waals surface area contributed by atoms with Gasteiger partial charge in [0.25, 0.3) is 0 Å². The number of rotatable bonds is 3. The first-order valence-electron chi connectivity index (χ1n) is 4.85. The van der Waals surface area contributed by atoms with E-state index in [0.29, 0.717) is 6.54 Å². The molecular weight excluding hydrogens is 192 g/mol. The predicted octanol–water partition coefficient (Wildman–Crippen LogP) is 0.291. The summed E-state index contributed by atoms with van der Waals surface area (Å²) in [7, 11) is 1.81. The van der Waals surface area contributed by atoms with Crippen molar-refractivity contribution in [1.29, 1.82) is 0 Å². The molecule has 5 nitrogen and oxygen atoms in total. The lowest BCUT2D eigenvalue weighted by atomic mass is 10.2. The predicted molar refractivity (Wildman–Crippen MR) is 56.6 cm³/mol. The summed E-state index contributed by atoms with van der Waals surface area (Å²) < 4.78 is 1.87. The highest BCUT2D eigenvalue weighted by atomic mass is 16.3. The zero-order valence-corrected chi connectivity index (χ0v) is 8.81. The van der Waals surface area contributed by atoms with Crippen molar-refractivity contribution in [2.24, 2.45) is 0 Å². The van der Waals surface area contributed by atoms with Gasteiger partial charge in [0, 0.05) is 18.9 Å². The van der Waals surface area contributed by atoms with E-state index >= 15 is 0 Å². The molecule has 80 valence electrons. The molecule has 0 radical (unpaired) electrons. The second-order valence-corrected chi connectivity index (χ2v) is 3.46. The van der Waals surface area contributed by atoms with Crippen molar-refractivity contribution in [3.8, 4) is 0 Å². The molecule has 1 atom stereocenters. The van der Waals surface area contributed by atoms with Crippen LogP contribution in [-0.4, -0.2) is 33.1 Å². The van der Waals surface area contributed by atoms with Crippen molar-refractivity contribution in [2.45, 2.75) is 13.0 Å². The molecule has 2 rings (SSSR count). The summed E-state index contributed by atoms with van der Waals surface area (Å²) in [5.41, 5.74) is 2.42. The summed E-state index contributed by atoms with van der Waals surface area (Å²) in [5.74, 6) is 0. The van der Waals surface area contributed by atoms with Crippen LogP contribution in [0.1, 0.15) is 17.5 Å². The zero-order valence-electron chi connectivity index (χ0n) is 8.81. The Hall–Kier alpha value is -1.46. The van der Waals surface area contributed by atoms with Crippen molar-refractivity contribution >= 4 is 5.65 Å². The Kier molecular flexibility index (Phi) is 2.66. The Morgan fingerprint density at radius 2 is 2.40 bits per heavy atom. The van der Waals surface area contributed by atoms with Crippen molar-refractivity contribution in [3.63, 3.8) is 0 Å². The minimum atomic E-state index is -0.549. The van der Waals surface area contributed by atoms with Crippen LogP contribution in [0.2, 0.25) is 0 Å². The van der Waals surface area contributed by atoms with E-state index < -0.39 is 6.10 Å². The first kappa shape index (κ1) is 10.1. The van der Waals surface area contributed by atoms with Crippen molar-refractivity contribution < 1.29 is 5.11 Å². The van der Waals surface area contributed by atoms with Crippen molar-refractivity contribution in [2.75, 3.05) is 13.6 Å². The molecule has 2 N–H and O–H groups in total. The van der Waals surface area contributed by atoms with Gasteiger partial charge in [-0.25, -0.2) is 4.98 Å². The molecule has 0 bridgehead atoms. The van der Waals surface area contributed by atoms with E-state index in [0.717, 1.165) is 17.0 Å². The molecule has 0 aliphatic heterocycles. The molecule has 1 unspecified atom stereocenters. The molecule has 0 amide bonds. The number of nitrogens with one attached hydrogen (secondary N) is 1. The molecule has 0 aromatic carbocycles. The largest absolute Gasteiger partial charge is 0.385 e. The SMILES string of the molecule is CNCC(O)c1c(C)nc2cnccn12.